The lowest BCUT2D eigenvalue weighted by Crippen LogP contribution is -2.35. The summed E-state index contributed by atoms with van der Waals surface area (Å²) in [6, 6.07) is 0.606. The van der Waals surface area contributed by atoms with Crippen molar-refractivity contribution in [3.8, 4) is 0 Å². The van der Waals surface area contributed by atoms with Crippen molar-refractivity contribution >= 4 is 0 Å². The third-order valence-electron chi connectivity index (χ3n) is 1.25. The van der Waals surface area contributed by atoms with Crippen LogP contribution in [0, 0.1) is 0 Å². The Morgan fingerprint density at radius 3 is 2.33 bits per heavy atom. The SMILES string of the molecule is CCNCC(C)NCC. The summed E-state index contributed by atoms with van der Waals surface area (Å²) in [5.74, 6) is 0. The summed E-state index contributed by atoms with van der Waals surface area (Å²) in [5.41, 5.74) is 0. The number of hydrogen-bond donors (Lipinski definition) is 2. The molecule has 0 aromatic heterocycles. The molecule has 0 saturated carbocycles. The molecule has 0 aliphatic heterocycles. The van der Waals surface area contributed by atoms with Crippen LogP contribution in [0.4, 0.5) is 0 Å². The largest absolute Gasteiger partial charge is 0.315 e. The van der Waals surface area contributed by atoms with Crippen LogP contribution in [-0.2, 0) is 0 Å². The van der Waals surface area contributed by atoms with Crippen LogP contribution in [0.5, 0.6) is 0 Å². The van der Waals surface area contributed by atoms with E-state index in [2.05, 4.69) is 31.4 Å². The molecular weight excluding hydrogens is 112 g/mol. The van der Waals surface area contributed by atoms with Crippen LogP contribution in [0.25, 0.3) is 0 Å². The monoisotopic (exact) mass is 130 g/mol. The summed E-state index contributed by atoms with van der Waals surface area (Å²) in [7, 11) is 0. The minimum Gasteiger partial charge on any atom is -0.315 e. The Hall–Kier alpha value is -0.0800. The van der Waals surface area contributed by atoms with Crippen LogP contribution < -0.4 is 10.6 Å². The van der Waals surface area contributed by atoms with E-state index in [1.165, 1.54) is 0 Å². The maximum atomic E-state index is 3.32. The van der Waals surface area contributed by atoms with Gasteiger partial charge in [0, 0.05) is 12.6 Å². The van der Waals surface area contributed by atoms with Crippen LogP contribution in [0.2, 0.25) is 0 Å². The van der Waals surface area contributed by atoms with Gasteiger partial charge in [0.15, 0.2) is 0 Å². The molecule has 0 radical (unpaired) electrons. The highest BCUT2D eigenvalue weighted by Crippen LogP contribution is 1.75. The van der Waals surface area contributed by atoms with Crippen molar-refractivity contribution in [2.45, 2.75) is 26.8 Å². The molecule has 0 spiro atoms. The van der Waals surface area contributed by atoms with E-state index in [1.54, 1.807) is 0 Å². The summed E-state index contributed by atoms with van der Waals surface area (Å²) in [5, 5.41) is 6.59. The van der Waals surface area contributed by atoms with Crippen molar-refractivity contribution < 1.29 is 0 Å². The molecule has 1 atom stereocenters. The Morgan fingerprint density at radius 1 is 1.22 bits per heavy atom. The number of nitrogens with one attached hydrogen (secondary N) is 2. The van der Waals surface area contributed by atoms with Crippen molar-refractivity contribution in [3.05, 3.63) is 0 Å². The Kier molecular flexibility index (Phi) is 5.99. The van der Waals surface area contributed by atoms with Gasteiger partial charge in [-0.25, -0.2) is 0 Å². The average Bonchev–Trinajstić information content (AvgIpc) is 1.85. The van der Waals surface area contributed by atoms with Gasteiger partial charge in [0.05, 0.1) is 0 Å². The fourth-order valence-corrected chi connectivity index (χ4v) is 0.781. The molecule has 56 valence electrons. The highest BCUT2D eigenvalue weighted by Gasteiger charge is 1.94. The second-order valence-corrected chi connectivity index (χ2v) is 2.27. The quantitative estimate of drug-likeness (QED) is 0.569. The molecule has 2 heteroatoms. The number of hydrogen-bond acceptors (Lipinski definition) is 2. The lowest BCUT2D eigenvalue weighted by molar-refractivity contribution is 0.523. The van der Waals surface area contributed by atoms with Gasteiger partial charge in [-0.15, -0.1) is 0 Å². The first kappa shape index (κ1) is 8.92. The van der Waals surface area contributed by atoms with Gasteiger partial charge < -0.3 is 10.6 Å². The summed E-state index contributed by atoms with van der Waals surface area (Å²) in [4.78, 5) is 0. The first-order chi connectivity index (χ1) is 4.31. The average molecular weight is 130 g/mol. The molecule has 0 aliphatic rings. The highest BCUT2D eigenvalue weighted by atomic mass is 15.0. The zero-order chi connectivity index (χ0) is 7.11. The van der Waals surface area contributed by atoms with Gasteiger partial charge >= 0.3 is 0 Å². The number of rotatable bonds is 5. The van der Waals surface area contributed by atoms with Gasteiger partial charge in [0.1, 0.15) is 0 Å². The van der Waals surface area contributed by atoms with Gasteiger partial charge in [-0.2, -0.15) is 0 Å². The van der Waals surface area contributed by atoms with E-state index >= 15 is 0 Å². The summed E-state index contributed by atoms with van der Waals surface area (Å²) < 4.78 is 0. The maximum absolute atomic E-state index is 3.32. The molecule has 9 heavy (non-hydrogen) atoms. The zero-order valence-corrected chi connectivity index (χ0v) is 6.70. The van der Waals surface area contributed by atoms with Gasteiger partial charge in [0.2, 0.25) is 0 Å². The molecule has 0 amide bonds. The van der Waals surface area contributed by atoms with E-state index in [0.717, 1.165) is 19.6 Å². The smallest absolute Gasteiger partial charge is 0.0164 e. The summed E-state index contributed by atoms with van der Waals surface area (Å²) >= 11 is 0. The Bertz CT molecular complexity index is 54.9. The minimum atomic E-state index is 0.606. The normalized spacial score (nSPS) is 13.7. The fraction of sp³-hybridized carbons (Fsp3) is 1.00. The van der Waals surface area contributed by atoms with E-state index in [0.29, 0.717) is 6.04 Å². The summed E-state index contributed by atoms with van der Waals surface area (Å²) in [6.45, 7) is 9.64. The zero-order valence-electron chi connectivity index (χ0n) is 6.70. The second kappa shape index (κ2) is 6.05. The second-order valence-electron chi connectivity index (χ2n) is 2.27. The molecule has 0 rings (SSSR count). The Labute approximate surface area is 58.0 Å². The van der Waals surface area contributed by atoms with Crippen molar-refractivity contribution in [2.75, 3.05) is 19.6 Å². The minimum absolute atomic E-state index is 0.606. The molecule has 0 aromatic carbocycles. The summed E-state index contributed by atoms with van der Waals surface area (Å²) in [6.07, 6.45) is 0. The Morgan fingerprint density at radius 2 is 1.89 bits per heavy atom. The van der Waals surface area contributed by atoms with Crippen LogP contribution in [0.1, 0.15) is 20.8 Å². The van der Waals surface area contributed by atoms with Gasteiger partial charge in [-0.3, -0.25) is 0 Å². The molecule has 0 aliphatic carbocycles. The Balaban J connectivity index is 2.95. The molecule has 2 nitrogen and oxygen atoms in total. The predicted octanol–water partition coefficient (Wildman–Crippen LogP) is 0.594. The first-order valence-corrected chi connectivity index (χ1v) is 3.75. The third-order valence-corrected chi connectivity index (χ3v) is 1.25. The van der Waals surface area contributed by atoms with Crippen LogP contribution in [0.3, 0.4) is 0 Å². The van der Waals surface area contributed by atoms with Gasteiger partial charge in [-0.1, -0.05) is 13.8 Å². The lowest BCUT2D eigenvalue weighted by atomic mass is 10.3. The molecule has 2 N–H and O–H groups in total. The van der Waals surface area contributed by atoms with E-state index in [-0.39, 0.29) is 0 Å². The van der Waals surface area contributed by atoms with Crippen LogP contribution in [0.15, 0.2) is 0 Å². The van der Waals surface area contributed by atoms with E-state index in [4.69, 9.17) is 0 Å². The van der Waals surface area contributed by atoms with Crippen LogP contribution in [-0.4, -0.2) is 25.7 Å². The fourth-order valence-electron chi connectivity index (χ4n) is 0.781. The molecule has 0 bridgehead atoms. The maximum Gasteiger partial charge on any atom is 0.0164 e. The standard InChI is InChI=1S/C7H18N2/c1-4-8-6-7(3)9-5-2/h7-9H,4-6H2,1-3H3. The molecular formula is C7H18N2. The highest BCUT2D eigenvalue weighted by molar-refractivity contribution is 4.60. The molecule has 0 aromatic rings. The first-order valence-electron chi connectivity index (χ1n) is 3.75. The lowest BCUT2D eigenvalue weighted by Gasteiger charge is -2.11. The van der Waals surface area contributed by atoms with Crippen molar-refractivity contribution in [3.63, 3.8) is 0 Å². The molecule has 0 saturated heterocycles. The van der Waals surface area contributed by atoms with Gasteiger partial charge in [-0.05, 0) is 20.0 Å². The van der Waals surface area contributed by atoms with Gasteiger partial charge in [0.25, 0.3) is 0 Å². The van der Waals surface area contributed by atoms with Crippen LogP contribution >= 0.6 is 0 Å². The molecule has 1 unspecified atom stereocenters. The van der Waals surface area contributed by atoms with Crippen molar-refractivity contribution in [1.82, 2.24) is 10.6 Å². The van der Waals surface area contributed by atoms with E-state index in [1.807, 2.05) is 0 Å². The third kappa shape index (κ3) is 5.80. The number of likely N-dealkylation sites (N-methyl/N-ethyl adjacent to an activating group) is 2. The van der Waals surface area contributed by atoms with E-state index in [9.17, 15) is 0 Å². The van der Waals surface area contributed by atoms with Crippen molar-refractivity contribution in [2.24, 2.45) is 0 Å². The molecule has 0 fully saturated rings. The topological polar surface area (TPSA) is 24.1 Å². The predicted molar refractivity (Wildman–Crippen MR) is 41.7 cm³/mol. The van der Waals surface area contributed by atoms with Crippen molar-refractivity contribution in [1.29, 1.82) is 0 Å². The molecule has 0 heterocycles. The van der Waals surface area contributed by atoms with E-state index < -0.39 is 0 Å².